The van der Waals surface area contributed by atoms with Gasteiger partial charge in [0.2, 0.25) is 0 Å². The minimum atomic E-state index is 0.101. The van der Waals surface area contributed by atoms with Crippen LogP contribution in [0.15, 0.2) is 34.4 Å². The van der Waals surface area contributed by atoms with Crippen molar-refractivity contribution in [2.45, 2.75) is 84.0 Å². The molecule has 1 fully saturated rings. The van der Waals surface area contributed by atoms with Crippen molar-refractivity contribution in [2.24, 2.45) is 0 Å². The first-order chi connectivity index (χ1) is 10.5. The summed E-state index contributed by atoms with van der Waals surface area (Å²) < 4.78 is 12.0. The summed E-state index contributed by atoms with van der Waals surface area (Å²) in [7, 11) is 0. The van der Waals surface area contributed by atoms with Gasteiger partial charge in [-0.3, -0.25) is 0 Å². The van der Waals surface area contributed by atoms with Crippen LogP contribution in [0, 0.1) is 0 Å². The molecule has 3 rings (SSSR count). The maximum atomic E-state index is 6.03. The van der Waals surface area contributed by atoms with Crippen LogP contribution >= 0.6 is 0 Å². The molecule has 2 aliphatic heterocycles. The molecule has 3 aliphatic rings. The quantitative estimate of drug-likeness (QED) is 0.458. The van der Waals surface area contributed by atoms with Crippen molar-refractivity contribution in [3.63, 3.8) is 0 Å². The average Bonchev–Trinajstić information content (AvgIpc) is 2.99. The highest BCUT2D eigenvalue weighted by molar-refractivity contribution is 5.28. The molecule has 2 heteroatoms. The lowest BCUT2D eigenvalue weighted by molar-refractivity contribution is 0.150. The van der Waals surface area contributed by atoms with E-state index in [9.17, 15) is 0 Å². The van der Waals surface area contributed by atoms with Crippen molar-refractivity contribution in [1.82, 2.24) is 0 Å². The van der Waals surface area contributed by atoms with Crippen molar-refractivity contribution >= 4 is 0 Å². The summed E-state index contributed by atoms with van der Waals surface area (Å²) in [6, 6.07) is 0. The zero-order chi connectivity index (χ0) is 15.7. The van der Waals surface area contributed by atoms with Crippen LogP contribution in [0.25, 0.3) is 0 Å². The molecule has 0 unspecified atom stereocenters. The van der Waals surface area contributed by atoms with E-state index in [0.29, 0.717) is 6.10 Å². The maximum absolute atomic E-state index is 6.03. The molecule has 0 saturated carbocycles. The molecule has 3 atom stereocenters. The van der Waals surface area contributed by atoms with Gasteiger partial charge in [-0.25, -0.2) is 0 Å². The summed E-state index contributed by atoms with van der Waals surface area (Å²) in [4.78, 5) is 0. The highest BCUT2D eigenvalue weighted by Gasteiger charge is 2.51. The van der Waals surface area contributed by atoms with E-state index in [1.165, 1.54) is 35.1 Å². The molecular formula is C20H30O2. The monoisotopic (exact) mass is 302 g/mol. The molecule has 1 saturated heterocycles. The first kappa shape index (κ1) is 16.0. The van der Waals surface area contributed by atoms with Crippen molar-refractivity contribution in [1.29, 1.82) is 0 Å². The maximum Gasteiger partial charge on any atom is 0.0977 e. The lowest BCUT2D eigenvalue weighted by Crippen LogP contribution is -2.14. The normalized spacial score (nSPS) is 41.6. The summed E-state index contributed by atoms with van der Waals surface area (Å²) in [5.74, 6) is 0. The third kappa shape index (κ3) is 3.55. The second-order valence-corrected chi connectivity index (χ2v) is 7.60. The number of epoxide rings is 1. The number of fused-ring (bicyclic) bond motifs is 2. The molecule has 0 aromatic rings. The van der Waals surface area contributed by atoms with Crippen LogP contribution in [0.4, 0.5) is 0 Å². The van der Waals surface area contributed by atoms with E-state index < -0.39 is 0 Å². The van der Waals surface area contributed by atoms with Crippen LogP contribution in [0.2, 0.25) is 0 Å². The molecule has 0 aromatic heterocycles. The molecule has 0 amide bonds. The van der Waals surface area contributed by atoms with Gasteiger partial charge in [0.15, 0.2) is 0 Å². The molecule has 0 bridgehead atoms. The molecule has 22 heavy (non-hydrogen) atoms. The summed E-state index contributed by atoms with van der Waals surface area (Å²) >= 11 is 0. The van der Waals surface area contributed by atoms with Crippen molar-refractivity contribution < 1.29 is 9.47 Å². The second kappa shape index (κ2) is 6.33. The Labute approximate surface area is 135 Å². The summed E-state index contributed by atoms with van der Waals surface area (Å²) in [6.07, 6.45) is 12.3. The van der Waals surface area contributed by atoms with E-state index >= 15 is 0 Å². The van der Waals surface area contributed by atoms with Crippen molar-refractivity contribution in [3.05, 3.63) is 34.4 Å². The molecule has 0 radical (unpaired) electrons. The second-order valence-electron chi connectivity index (χ2n) is 7.60. The number of hydrogen-bond acceptors (Lipinski definition) is 2. The van der Waals surface area contributed by atoms with Gasteiger partial charge in [-0.2, -0.15) is 0 Å². The Bertz CT molecular complexity index is 526. The van der Waals surface area contributed by atoms with Gasteiger partial charge in [0.1, 0.15) is 0 Å². The third-order valence-corrected chi connectivity index (χ3v) is 5.57. The van der Waals surface area contributed by atoms with Gasteiger partial charge in [-0.15, -0.1) is 0 Å². The van der Waals surface area contributed by atoms with E-state index in [1.54, 1.807) is 0 Å². The Morgan fingerprint density at radius 3 is 2.73 bits per heavy atom. The third-order valence-electron chi connectivity index (χ3n) is 5.57. The fourth-order valence-corrected chi connectivity index (χ4v) is 3.76. The standard InChI is InChI=1S/C20H30O2/c1-14-6-5-7-15(2)12-18-17(16(3)13-21-18)10-11-20(4)19(22-20)9-8-14/h6,12,18-19H,5,7-11,13H2,1-4H3/b14-6+,15-12+/t18-,19-,20-/m1/s1. The van der Waals surface area contributed by atoms with Gasteiger partial charge in [0.25, 0.3) is 0 Å². The number of ether oxygens (including phenoxy) is 2. The van der Waals surface area contributed by atoms with Gasteiger partial charge in [-0.1, -0.05) is 23.3 Å². The van der Waals surface area contributed by atoms with Crippen molar-refractivity contribution in [3.8, 4) is 0 Å². The lowest BCUT2D eigenvalue weighted by atomic mass is 9.91. The van der Waals surface area contributed by atoms with Crippen LogP contribution in [-0.2, 0) is 9.47 Å². The van der Waals surface area contributed by atoms with Crippen LogP contribution in [0.3, 0.4) is 0 Å². The van der Waals surface area contributed by atoms with Crippen molar-refractivity contribution in [2.75, 3.05) is 6.61 Å². The zero-order valence-electron chi connectivity index (χ0n) is 14.6. The van der Waals surface area contributed by atoms with Gasteiger partial charge in [0.05, 0.1) is 24.4 Å². The smallest absolute Gasteiger partial charge is 0.0977 e. The number of hydrogen-bond donors (Lipinski definition) is 0. The van der Waals surface area contributed by atoms with Crippen LogP contribution in [0.1, 0.15) is 66.2 Å². The molecule has 122 valence electrons. The minimum absolute atomic E-state index is 0.101. The Hall–Kier alpha value is -0.860. The minimum Gasteiger partial charge on any atom is -0.366 e. The highest BCUT2D eigenvalue weighted by Crippen LogP contribution is 2.45. The molecule has 0 aromatic carbocycles. The van der Waals surface area contributed by atoms with E-state index in [1.807, 2.05) is 0 Å². The first-order valence-electron chi connectivity index (χ1n) is 8.79. The Kier molecular flexibility index (Phi) is 4.61. The molecule has 0 spiro atoms. The van der Waals surface area contributed by atoms with Gasteiger partial charge in [0, 0.05) is 0 Å². The predicted octanol–water partition coefficient (Wildman–Crippen LogP) is 5.11. The molecular weight excluding hydrogens is 272 g/mol. The summed E-state index contributed by atoms with van der Waals surface area (Å²) in [5.41, 5.74) is 5.99. The summed E-state index contributed by atoms with van der Waals surface area (Å²) in [5, 5.41) is 0. The topological polar surface area (TPSA) is 21.8 Å². The van der Waals surface area contributed by atoms with Crippen LogP contribution in [0.5, 0.6) is 0 Å². The Morgan fingerprint density at radius 1 is 1.09 bits per heavy atom. The average molecular weight is 302 g/mol. The van der Waals surface area contributed by atoms with E-state index in [-0.39, 0.29) is 11.7 Å². The van der Waals surface area contributed by atoms with Crippen LogP contribution < -0.4 is 0 Å². The SMILES string of the molecule is CC1=C2CC[C@@]3(C)O[C@@H]3CC/C(C)=C/CC/C(C)=C/[C@H]2OC1. The molecule has 0 N–H and O–H groups in total. The highest BCUT2D eigenvalue weighted by atomic mass is 16.6. The molecule has 2 heterocycles. The fraction of sp³-hybridized carbons (Fsp3) is 0.700. The summed E-state index contributed by atoms with van der Waals surface area (Å²) in [6.45, 7) is 9.80. The van der Waals surface area contributed by atoms with E-state index in [0.717, 1.165) is 32.3 Å². The fourth-order valence-electron chi connectivity index (χ4n) is 3.76. The predicted molar refractivity (Wildman–Crippen MR) is 90.9 cm³/mol. The molecule has 1 aliphatic carbocycles. The number of allylic oxidation sites excluding steroid dienone is 3. The van der Waals surface area contributed by atoms with E-state index in [4.69, 9.17) is 9.47 Å². The molecule has 2 nitrogen and oxygen atoms in total. The van der Waals surface area contributed by atoms with Gasteiger partial charge in [-0.05, 0) is 77.4 Å². The largest absolute Gasteiger partial charge is 0.366 e. The van der Waals surface area contributed by atoms with E-state index in [2.05, 4.69) is 39.8 Å². The first-order valence-corrected chi connectivity index (χ1v) is 8.79. The zero-order valence-corrected chi connectivity index (χ0v) is 14.6. The van der Waals surface area contributed by atoms with Gasteiger partial charge >= 0.3 is 0 Å². The Balaban J connectivity index is 1.78. The Morgan fingerprint density at radius 2 is 1.91 bits per heavy atom. The lowest BCUT2D eigenvalue weighted by Gasteiger charge is -2.15. The van der Waals surface area contributed by atoms with Crippen LogP contribution in [-0.4, -0.2) is 24.4 Å². The number of rotatable bonds is 0. The van der Waals surface area contributed by atoms with Gasteiger partial charge < -0.3 is 9.47 Å².